The Morgan fingerprint density at radius 3 is 2.57 bits per heavy atom. The summed E-state index contributed by atoms with van der Waals surface area (Å²) < 4.78 is 8.21. The highest BCUT2D eigenvalue weighted by molar-refractivity contribution is 5.97. The van der Waals surface area contributed by atoms with E-state index in [0.717, 1.165) is 11.1 Å². The molecule has 190 valence electrons. The molecule has 4 aromatic heterocycles. The van der Waals surface area contributed by atoms with Gasteiger partial charge in [0.15, 0.2) is 0 Å². The van der Waals surface area contributed by atoms with Crippen LogP contribution in [-0.4, -0.2) is 55.4 Å². The number of carbonyl (C=O) groups excluding carboxylic acids is 2. The average molecular weight is 501 g/mol. The number of esters is 1. The molecule has 0 bridgehead atoms. The van der Waals surface area contributed by atoms with Crippen molar-refractivity contribution >= 4 is 28.6 Å². The molecule has 1 amide bonds. The SMILES string of the molecule is CCOC(=O)C1CCN(C(=O)c2cc3c(=O)n4cccc(C)c4nc3n(Cc3ccncc3)c2=N)CC1. The first-order valence-corrected chi connectivity index (χ1v) is 12.3. The molecule has 0 spiro atoms. The second-order valence-corrected chi connectivity index (χ2v) is 9.21. The number of carbonyl (C=O) groups is 2. The van der Waals surface area contributed by atoms with Gasteiger partial charge in [-0.3, -0.25) is 29.2 Å². The molecular formula is C27H28N6O4. The summed E-state index contributed by atoms with van der Waals surface area (Å²) in [6, 6.07) is 8.80. The lowest BCUT2D eigenvalue weighted by molar-refractivity contribution is -0.149. The summed E-state index contributed by atoms with van der Waals surface area (Å²) >= 11 is 0. The topological polar surface area (TPSA) is 123 Å². The molecule has 1 fully saturated rings. The number of aromatic nitrogens is 4. The van der Waals surface area contributed by atoms with E-state index in [9.17, 15) is 14.4 Å². The first kappa shape index (κ1) is 24.4. The third-order valence-corrected chi connectivity index (χ3v) is 6.86. The summed E-state index contributed by atoms with van der Waals surface area (Å²) in [4.78, 5) is 49.8. The number of aryl methyl sites for hydroxylation is 1. The lowest BCUT2D eigenvalue weighted by atomic mass is 9.96. The van der Waals surface area contributed by atoms with Crippen molar-refractivity contribution in [1.82, 2.24) is 23.8 Å². The molecular weight excluding hydrogens is 472 g/mol. The van der Waals surface area contributed by atoms with Crippen LogP contribution in [0.1, 0.15) is 41.3 Å². The van der Waals surface area contributed by atoms with Crippen LogP contribution < -0.4 is 11.0 Å². The fourth-order valence-corrected chi connectivity index (χ4v) is 4.83. The number of fused-ring (bicyclic) bond motifs is 2. The van der Waals surface area contributed by atoms with Crippen LogP contribution in [0.25, 0.3) is 16.7 Å². The normalized spacial score (nSPS) is 14.3. The number of rotatable bonds is 5. The summed E-state index contributed by atoms with van der Waals surface area (Å²) in [7, 11) is 0. The maximum absolute atomic E-state index is 13.6. The molecule has 1 N–H and O–H groups in total. The number of hydrogen-bond donors (Lipinski definition) is 1. The molecule has 10 heteroatoms. The first-order chi connectivity index (χ1) is 17.9. The number of nitrogens with zero attached hydrogens (tertiary/aromatic N) is 5. The van der Waals surface area contributed by atoms with Crippen LogP contribution in [0.3, 0.4) is 0 Å². The molecule has 1 aliphatic rings. The third-order valence-electron chi connectivity index (χ3n) is 6.86. The molecule has 0 atom stereocenters. The zero-order valence-corrected chi connectivity index (χ0v) is 20.8. The summed E-state index contributed by atoms with van der Waals surface area (Å²) in [6.07, 6.45) is 5.96. The zero-order chi connectivity index (χ0) is 26.1. The van der Waals surface area contributed by atoms with E-state index in [0.29, 0.717) is 43.8 Å². The van der Waals surface area contributed by atoms with Gasteiger partial charge in [-0.25, -0.2) is 4.98 Å². The van der Waals surface area contributed by atoms with Gasteiger partial charge >= 0.3 is 5.97 Å². The standard InChI is InChI=1S/C27H28N6O4/c1-3-37-27(36)19-8-13-31(14-9-19)25(34)20-15-21-24(30-23-17(2)5-4-12-32(23)26(21)35)33(22(20)28)16-18-6-10-29-11-7-18/h4-7,10-12,15,19,28H,3,8-9,13-14,16H2,1-2H3. The molecule has 37 heavy (non-hydrogen) atoms. The Morgan fingerprint density at radius 2 is 1.86 bits per heavy atom. The van der Waals surface area contributed by atoms with Gasteiger partial charge in [-0.2, -0.15) is 0 Å². The third kappa shape index (κ3) is 4.50. The maximum Gasteiger partial charge on any atom is 0.309 e. The van der Waals surface area contributed by atoms with Gasteiger partial charge in [-0.15, -0.1) is 0 Å². The summed E-state index contributed by atoms with van der Waals surface area (Å²) in [5, 5.41) is 9.26. The Bertz CT molecular complexity index is 1620. The van der Waals surface area contributed by atoms with E-state index in [1.807, 2.05) is 25.1 Å². The van der Waals surface area contributed by atoms with Crippen molar-refractivity contribution in [2.75, 3.05) is 19.7 Å². The Hall–Kier alpha value is -4.34. The van der Waals surface area contributed by atoms with Crippen molar-refractivity contribution in [3.05, 3.63) is 81.5 Å². The lowest BCUT2D eigenvalue weighted by Gasteiger charge is -2.31. The molecule has 0 radical (unpaired) electrons. The number of pyridine rings is 3. The smallest absolute Gasteiger partial charge is 0.309 e. The van der Waals surface area contributed by atoms with Gasteiger partial charge in [-0.1, -0.05) is 6.07 Å². The minimum Gasteiger partial charge on any atom is -0.466 e. The highest BCUT2D eigenvalue weighted by atomic mass is 16.5. The van der Waals surface area contributed by atoms with Crippen molar-refractivity contribution in [3.8, 4) is 0 Å². The lowest BCUT2D eigenvalue weighted by Crippen LogP contribution is -2.43. The molecule has 10 nitrogen and oxygen atoms in total. The Balaban J connectivity index is 1.62. The molecule has 1 saturated heterocycles. The van der Waals surface area contributed by atoms with Crippen molar-refractivity contribution in [1.29, 1.82) is 5.41 Å². The van der Waals surface area contributed by atoms with Gasteiger partial charge in [0.2, 0.25) is 0 Å². The minimum atomic E-state index is -0.341. The predicted octanol–water partition coefficient (Wildman–Crippen LogP) is 2.30. The van der Waals surface area contributed by atoms with Gasteiger partial charge < -0.3 is 14.2 Å². The summed E-state index contributed by atoms with van der Waals surface area (Å²) in [5.41, 5.74) is 2.34. The number of amides is 1. The second kappa shape index (κ2) is 9.96. The zero-order valence-electron chi connectivity index (χ0n) is 20.8. The molecule has 0 aliphatic carbocycles. The molecule has 5 heterocycles. The van der Waals surface area contributed by atoms with E-state index < -0.39 is 0 Å². The van der Waals surface area contributed by atoms with E-state index in [1.165, 1.54) is 10.5 Å². The fraction of sp³-hybridized carbons (Fsp3) is 0.333. The number of piperidine rings is 1. The Morgan fingerprint density at radius 1 is 1.14 bits per heavy atom. The first-order valence-electron chi connectivity index (χ1n) is 12.3. The van der Waals surface area contributed by atoms with Crippen molar-refractivity contribution in [2.45, 2.75) is 33.2 Å². The minimum absolute atomic E-state index is 0.0216. The van der Waals surface area contributed by atoms with Crippen molar-refractivity contribution in [3.63, 3.8) is 0 Å². The summed E-state index contributed by atoms with van der Waals surface area (Å²) in [5.74, 6) is -0.819. The summed E-state index contributed by atoms with van der Waals surface area (Å²) in [6.45, 7) is 4.97. The molecule has 4 aromatic rings. The number of likely N-dealkylation sites (tertiary alicyclic amines) is 1. The molecule has 0 aromatic carbocycles. The quantitative estimate of drug-likeness (QED) is 0.331. The van der Waals surface area contributed by atoms with Crippen LogP contribution in [0.4, 0.5) is 0 Å². The fourth-order valence-electron chi connectivity index (χ4n) is 4.83. The van der Waals surface area contributed by atoms with Gasteiger partial charge in [0, 0.05) is 31.7 Å². The van der Waals surface area contributed by atoms with E-state index in [2.05, 4.69) is 4.98 Å². The monoisotopic (exact) mass is 500 g/mol. The number of hydrogen-bond acceptors (Lipinski definition) is 7. The van der Waals surface area contributed by atoms with Gasteiger partial charge in [0.05, 0.1) is 30.0 Å². The van der Waals surface area contributed by atoms with E-state index in [1.54, 1.807) is 41.0 Å². The average Bonchev–Trinajstić information content (AvgIpc) is 2.91. The van der Waals surface area contributed by atoms with Crippen LogP contribution >= 0.6 is 0 Å². The van der Waals surface area contributed by atoms with Crippen molar-refractivity contribution in [2.24, 2.45) is 5.92 Å². The van der Waals surface area contributed by atoms with E-state index >= 15 is 0 Å². The van der Waals surface area contributed by atoms with Gasteiger partial charge in [0.1, 0.15) is 16.8 Å². The highest BCUT2D eigenvalue weighted by Gasteiger charge is 2.30. The predicted molar refractivity (Wildman–Crippen MR) is 136 cm³/mol. The van der Waals surface area contributed by atoms with Crippen LogP contribution in [0.5, 0.6) is 0 Å². The molecule has 1 aliphatic heterocycles. The van der Waals surface area contributed by atoms with Crippen LogP contribution in [0, 0.1) is 18.3 Å². The second-order valence-electron chi connectivity index (χ2n) is 9.21. The van der Waals surface area contributed by atoms with Crippen LogP contribution in [-0.2, 0) is 16.1 Å². The Labute approximate surface area is 212 Å². The highest BCUT2D eigenvalue weighted by Crippen LogP contribution is 2.21. The van der Waals surface area contributed by atoms with Crippen molar-refractivity contribution < 1.29 is 14.3 Å². The largest absolute Gasteiger partial charge is 0.466 e. The van der Waals surface area contributed by atoms with E-state index in [-0.39, 0.29) is 46.3 Å². The van der Waals surface area contributed by atoms with Gasteiger partial charge in [0.25, 0.3) is 11.5 Å². The van der Waals surface area contributed by atoms with Crippen LogP contribution in [0.15, 0.2) is 53.7 Å². The molecule has 0 unspecified atom stereocenters. The molecule has 5 rings (SSSR count). The Kier molecular flexibility index (Phi) is 6.56. The number of ether oxygens (including phenoxy) is 1. The van der Waals surface area contributed by atoms with E-state index in [4.69, 9.17) is 15.1 Å². The maximum atomic E-state index is 13.6. The molecule has 0 saturated carbocycles. The van der Waals surface area contributed by atoms with Crippen LogP contribution in [0.2, 0.25) is 0 Å². The van der Waals surface area contributed by atoms with Gasteiger partial charge in [-0.05, 0) is 62.1 Å². The number of nitrogens with one attached hydrogen (secondary N) is 1.